The van der Waals surface area contributed by atoms with Gasteiger partial charge in [0.05, 0.1) is 0 Å². The fourth-order valence-electron chi connectivity index (χ4n) is 2.34. The van der Waals surface area contributed by atoms with Crippen LogP contribution in [0.4, 0.5) is 4.39 Å². The molecule has 0 saturated carbocycles. The molecule has 2 heteroatoms. The maximum absolute atomic E-state index is 14.1. The normalized spacial score (nSPS) is 10.8. The van der Waals surface area contributed by atoms with Crippen molar-refractivity contribution in [2.24, 2.45) is 0 Å². The molecule has 0 aliphatic heterocycles. The maximum atomic E-state index is 14.1. The van der Waals surface area contributed by atoms with Crippen LogP contribution in [-0.2, 0) is 6.54 Å². The van der Waals surface area contributed by atoms with Crippen molar-refractivity contribution >= 4 is 0 Å². The van der Waals surface area contributed by atoms with E-state index in [0.29, 0.717) is 5.56 Å². The summed E-state index contributed by atoms with van der Waals surface area (Å²) in [5, 5.41) is 3.09. The Hall–Kier alpha value is -1.67. The molecule has 0 saturated heterocycles. The number of benzene rings is 2. The predicted octanol–water partition coefficient (Wildman–Crippen LogP) is 4.14. The van der Waals surface area contributed by atoms with E-state index >= 15 is 0 Å². The average molecular weight is 257 g/mol. The fraction of sp³-hybridized carbons (Fsp3) is 0.294. The summed E-state index contributed by atoms with van der Waals surface area (Å²) in [5.41, 5.74) is 6.32. The van der Waals surface area contributed by atoms with Crippen LogP contribution in [0.15, 0.2) is 30.3 Å². The molecule has 1 N–H and O–H groups in total. The van der Waals surface area contributed by atoms with E-state index in [0.717, 1.165) is 23.2 Å². The van der Waals surface area contributed by atoms with E-state index in [1.54, 1.807) is 6.07 Å². The van der Waals surface area contributed by atoms with Crippen LogP contribution < -0.4 is 5.32 Å². The summed E-state index contributed by atoms with van der Waals surface area (Å²) in [6.45, 7) is 6.93. The summed E-state index contributed by atoms with van der Waals surface area (Å²) >= 11 is 0. The van der Waals surface area contributed by atoms with Crippen molar-refractivity contribution in [3.63, 3.8) is 0 Å². The lowest BCUT2D eigenvalue weighted by atomic mass is 9.94. The zero-order chi connectivity index (χ0) is 14.0. The summed E-state index contributed by atoms with van der Waals surface area (Å²) in [7, 11) is 1.89. The van der Waals surface area contributed by atoms with E-state index in [1.807, 2.05) is 26.1 Å². The summed E-state index contributed by atoms with van der Waals surface area (Å²) in [6.07, 6.45) is 0. The van der Waals surface area contributed by atoms with Crippen LogP contribution >= 0.6 is 0 Å². The smallest absolute Gasteiger partial charge is 0.131 e. The van der Waals surface area contributed by atoms with Crippen LogP contribution in [0, 0.1) is 26.6 Å². The molecule has 0 aliphatic carbocycles. The van der Waals surface area contributed by atoms with Gasteiger partial charge in [-0.1, -0.05) is 18.2 Å². The van der Waals surface area contributed by atoms with Crippen LogP contribution in [0.2, 0.25) is 0 Å². The Labute approximate surface area is 114 Å². The van der Waals surface area contributed by atoms with Gasteiger partial charge in [-0.3, -0.25) is 0 Å². The summed E-state index contributed by atoms with van der Waals surface area (Å²) in [5.74, 6) is -0.161. The maximum Gasteiger partial charge on any atom is 0.131 e. The Morgan fingerprint density at radius 3 is 2.26 bits per heavy atom. The second-order valence-corrected chi connectivity index (χ2v) is 5.10. The minimum absolute atomic E-state index is 0.161. The SMILES string of the molecule is CNCc1ccc(F)c(-c2cc(C)c(C)cc2C)c1. The van der Waals surface area contributed by atoms with E-state index < -0.39 is 0 Å². The van der Waals surface area contributed by atoms with Crippen molar-refractivity contribution in [1.29, 1.82) is 0 Å². The van der Waals surface area contributed by atoms with E-state index in [9.17, 15) is 4.39 Å². The highest BCUT2D eigenvalue weighted by atomic mass is 19.1. The first-order chi connectivity index (χ1) is 9.02. The van der Waals surface area contributed by atoms with Crippen molar-refractivity contribution in [1.82, 2.24) is 5.32 Å². The highest BCUT2D eigenvalue weighted by molar-refractivity contribution is 5.70. The Kier molecular flexibility index (Phi) is 4.01. The van der Waals surface area contributed by atoms with Gasteiger partial charge in [-0.15, -0.1) is 0 Å². The van der Waals surface area contributed by atoms with Crippen LogP contribution in [0.3, 0.4) is 0 Å². The summed E-state index contributed by atoms with van der Waals surface area (Å²) in [4.78, 5) is 0. The zero-order valence-corrected chi connectivity index (χ0v) is 12.0. The van der Waals surface area contributed by atoms with Gasteiger partial charge in [0.25, 0.3) is 0 Å². The molecule has 0 atom stereocenters. The first-order valence-electron chi connectivity index (χ1n) is 6.54. The number of hydrogen-bond acceptors (Lipinski definition) is 1. The van der Waals surface area contributed by atoms with Gasteiger partial charge < -0.3 is 5.32 Å². The lowest BCUT2D eigenvalue weighted by Crippen LogP contribution is -2.05. The minimum atomic E-state index is -0.161. The molecule has 2 aromatic rings. The molecule has 0 aromatic heterocycles. The molecule has 0 fully saturated rings. The Morgan fingerprint density at radius 1 is 0.895 bits per heavy atom. The number of halogens is 1. The van der Waals surface area contributed by atoms with Gasteiger partial charge in [-0.05, 0) is 67.8 Å². The van der Waals surface area contributed by atoms with Gasteiger partial charge in [-0.25, -0.2) is 4.39 Å². The van der Waals surface area contributed by atoms with Crippen molar-refractivity contribution < 1.29 is 4.39 Å². The molecule has 2 rings (SSSR count). The molecule has 0 aliphatic rings. The lowest BCUT2D eigenvalue weighted by molar-refractivity contribution is 0.630. The highest BCUT2D eigenvalue weighted by Gasteiger charge is 2.10. The van der Waals surface area contributed by atoms with Crippen molar-refractivity contribution in [2.75, 3.05) is 7.05 Å². The third kappa shape index (κ3) is 2.85. The predicted molar refractivity (Wildman–Crippen MR) is 78.8 cm³/mol. The van der Waals surface area contributed by atoms with Crippen LogP contribution in [-0.4, -0.2) is 7.05 Å². The zero-order valence-electron chi connectivity index (χ0n) is 12.0. The molecule has 0 amide bonds. The third-order valence-corrected chi connectivity index (χ3v) is 3.54. The van der Waals surface area contributed by atoms with E-state index in [2.05, 4.69) is 31.3 Å². The van der Waals surface area contributed by atoms with E-state index in [4.69, 9.17) is 0 Å². The van der Waals surface area contributed by atoms with Gasteiger partial charge in [0.15, 0.2) is 0 Å². The monoisotopic (exact) mass is 257 g/mol. The minimum Gasteiger partial charge on any atom is -0.316 e. The number of aryl methyl sites for hydroxylation is 3. The number of rotatable bonds is 3. The summed E-state index contributed by atoms with van der Waals surface area (Å²) in [6, 6.07) is 9.51. The van der Waals surface area contributed by atoms with E-state index in [1.165, 1.54) is 11.1 Å². The van der Waals surface area contributed by atoms with Crippen molar-refractivity contribution in [2.45, 2.75) is 27.3 Å². The Morgan fingerprint density at radius 2 is 1.58 bits per heavy atom. The second-order valence-electron chi connectivity index (χ2n) is 5.10. The lowest BCUT2D eigenvalue weighted by Gasteiger charge is -2.12. The number of nitrogens with one attached hydrogen (secondary N) is 1. The van der Waals surface area contributed by atoms with E-state index in [-0.39, 0.29) is 5.82 Å². The second kappa shape index (κ2) is 5.54. The number of hydrogen-bond donors (Lipinski definition) is 1. The molecule has 0 radical (unpaired) electrons. The third-order valence-electron chi connectivity index (χ3n) is 3.54. The molecular weight excluding hydrogens is 237 g/mol. The molecule has 0 bridgehead atoms. The van der Waals surface area contributed by atoms with Gasteiger partial charge in [-0.2, -0.15) is 0 Å². The van der Waals surface area contributed by atoms with Crippen molar-refractivity contribution in [3.05, 3.63) is 58.4 Å². The molecular formula is C17H20FN. The Balaban J connectivity index is 2.57. The van der Waals surface area contributed by atoms with Gasteiger partial charge in [0.2, 0.25) is 0 Å². The molecule has 1 nitrogen and oxygen atoms in total. The van der Waals surface area contributed by atoms with Gasteiger partial charge in [0.1, 0.15) is 5.82 Å². The topological polar surface area (TPSA) is 12.0 Å². The van der Waals surface area contributed by atoms with Crippen molar-refractivity contribution in [3.8, 4) is 11.1 Å². The van der Waals surface area contributed by atoms with Gasteiger partial charge in [0, 0.05) is 12.1 Å². The molecule has 19 heavy (non-hydrogen) atoms. The fourth-order valence-corrected chi connectivity index (χ4v) is 2.34. The molecule has 0 spiro atoms. The molecule has 2 aromatic carbocycles. The molecule has 0 unspecified atom stereocenters. The first-order valence-corrected chi connectivity index (χ1v) is 6.54. The Bertz CT molecular complexity index is 602. The van der Waals surface area contributed by atoms with Crippen LogP contribution in [0.5, 0.6) is 0 Å². The summed E-state index contributed by atoms with van der Waals surface area (Å²) < 4.78 is 14.1. The van der Waals surface area contributed by atoms with Gasteiger partial charge >= 0.3 is 0 Å². The standard InChI is InChI=1S/C17H20FN/c1-11-7-13(3)15(8-12(11)2)16-9-14(10-19-4)5-6-17(16)18/h5-9,19H,10H2,1-4H3. The average Bonchev–Trinajstić information content (AvgIpc) is 2.37. The first kappa shape index (κ1) is 13.8. The quantitative estimate of drug-likeness (QED) is 0.871. The highest BCUT2D eigenvalue weighted by Crippen LogP contribution is 2.29. The van der Waals surface area contributed by atoms with Crippen LogP contribution in [0.1, 0.15) is 22.3 Å². The van der Waals surface area contributed by atoms with Crippen LogP contribution in [0.25, 0.3) is 11.1 Å². The molecule has 0 heterocycles. The largest absolute Gasteiger partial charge is 0.316 e. The molecule has 100 valence electrons.